The molecule has 0 bridgehead atoms. The van der Waals surface area contributed by atoms with Crippen LogP contribution in [0.25, 0.3) is 54.2 Å². The molecule has 0 aromatic heterocycles. The first-order valence-corrected chi connectivity index (χ1v) is 11.0. The van der Waals surface area contributed by atoms with Gasteiger partial charge < -0.3 is 0 Å². The van der Waals surface area contributed by atoms with Gasteiger partial charge in [0.1, 0.15) is 0 Å². The van der Waals surface area contributed by atoms with Crippen molar-refractivity contribution in [2.45, 2.75) is 19.3 Å². The molecule has 0 fully saturated rings. The number of hydrogen-bond acceptors (Lipinski definition) is 0. The van der Waals surface area contributed by atoms with Gasteiger partial charge in [-0.25, -0.2) is 0 Å². The zero-order valence-corrected chi connectivity index (χ0v) is 17.7. The van der Waals surface area contributed by atoms with E-state index in [0.717, 1.165) is 0 Å². The van der Waals surface area contributed by atoms with Gasteiger partial charge in [-0.2, -0.15) is 0 Å². The molecule has 6 aromatic rings. The lowest BCUT2D eigenvalue weighted by Gasteiger charge is -2.22. The van der Waals surface area contributed by atoms with Crippen LogP contribution in [-0.2, 0) is 5.41 Å². The molecule has 0 N–H and O–H groups in total. The highest BCUT2D eigenvalue weighted by Crippen LogP contribution is 2.51. The van der Waals surface area contributed by atoms with Crippen molar-refractivity contribution in [1.29, 1.82) is 0 Å². The van der Waals surface area contributed by atoms with Gasteiger partial charge in [0.2, 0.25) is 0 Å². The third kappa shape index (κ3) is 2.25. The fourth-order valence-electron chi connectivity index (χ4n) is 5.67. The van der Waals surface area contributed by atoms with E-state index in [1.807, 2.05) is 0 Å². The molecule has 0 nitrogen and oxygen atoms in total. The Labute approximate surface area is 181 Å². The Morgan fingerprint density at radius 3 is 1.71 bits per heavy atom. The van der Waals surface area contributed by atoms with Crippen molar-refractivity contribution >= 4 is 43.1 Å². The molecule has 0 radical (unpaired) electrons. The Balaban J connectivity index is 1.59. The van der Waals surface area contributed by atoms with E-state index in [1.165, 1.54) is 65.3 Å². The summed E-state index contributed by atoms with van der Waals surface area (Å²) in [7, 11) is 0. The fraction of sp³-hybridized carbons (Fsp3) is 0.0968. The van der Waals surface area contributed by atoms with Gasteiger partial charge in [0.25, 0.3) is 0 Å². The van der Waals surface area contributed by atoms with Crippen molar-refractivity contribution in [2.24, 2.45) is 0 Å². The Kier molecular flexibility index (Phi) is 3.16. The second-order valence-electron chi connectivity index (χ2n) is 9.47. The molecule has 0 saturated heterocycles. The Hall–Kier alpha value is -3.64. The van der Waals surface area contributed by atoms with Crippen LogP contribution in [0.2, 0.25) is 0 Å². The lowest BCUT2D eigenvalue weighted by molar-refractivity contribution is 0.662. The van der Waals surface area contributed by atoms with Crippen LogP contribution < -0.4 is 0 Å². The maximum absolute atomic E-state index is 2.44. The highest BCUT2D eigenvalue weighted by molar-refractivity contribution is 6.10. The number of fused-ring (bicyclic) bond motifs is 8. The predicted molar refractivity (Wildman–Crippen MR) is 134 cm³/mol. The van der Waals surface area contributed by atoms with Gasteiger partial charge in [-0.15, -0.1) is 0 Å². The highest BCUT2D eigenvalue weighted by atomic mass is 14.4. The first-order chi connectivity index (χ1) is 15.1. The summed E-state index contributed by atoms with van der Waals surface area (Å²) in [6, 6.07) is 36.3. The maximum atomic E-state index is 2.44. The molecule has 146 valence electrons. The first kappa shape index (κ1) is 17.1. The second-order valence-corrected chi connectivity index (χ2v) is 9.47. The minimum absolute atomic E-state index is 0.00959. The summed E-state index contributed by atoms with van der Waals surface area (Å²) in [6.07, 6.45) is 0. The number of benzene rings is 6. The van der Waals surface area contributed by atoms with Gasteiger partial charge in [0.05, 0.1) is 0 Å². The molecule has 6 aromatic carbocycles. The van der Waals surface area contributed by atoms with E-state index in [2.05, 4.69) is 111 Å². The van der Waals surface area contributed by atoms with E-state index >= 15 is 0 Å². The molecule has 0 heteroatoms. The summed E-state index contributed by atoms with van der Waals surface area (Å²) in [5.74, 6) is 0. The van der Waals surface area contributed by atoms with E-state index in [-0.39, 0.29) is 5.41 Å². The topological polar surface area (TPSA) is 0 Å². The molecule has 0 aliphatic heterocycles. The summed E-state index contributed by atoms with van der Waals surface area (Å²) >= 11 is 0. The number of rotatable bonds is 0. The van der Waals surface area contributed by atoms with Crippen LogP contribution in [0, 0.1) is 0 Å². The van der Waals surface area contributed by atoms with Gasteiger partial charge in [-0.05, 0) is 102 Å². The smallest absolute Gasteiger partial charge is 0.0159 e. The van der Waals surface area contributed by atoms with Gasteiger partial charge in [-0.3, -0.25) is 0 Å². The summed E-state index contributed by atoms with van der Waals surface area (Å²) in [4.78, 5) is 0. The average Bonchev–Trinajstić information content (AvgIpc) is 3.00. The van der Waals surface area contributed by atoms with Crippen molar-refractivity contribution in [2.75, 3.05) is 0 Å². The second kappa shape index (κ2) is 5.74. The van der Waals surface area contributed by atoms with Crippen LogP contribution in [0.15, 0.2) is 97.1 Å². The average molecular weight is 395 g/mol. The van der Waals surface area contributed by atoms with Crippen LogP contribution in [0.5, 0.6) is 0 Å². The van der Waals surface area contributed by atoms with E-state index in [9.17, 15) is 0 Å². The van der Waals surface area contributed by atoms with Crippen molar-refractivity contribution in [3.63, 3.8) is 0 Å². The molecular weight excluding hydrogens is 372 g/mol. The molecule has 0 atom stereocenters. The number of hydrogen-bond donors (Lipinski definition) is 0. The zero-order valence-electron chi connectivity index (χ0n) is 17.7. The van der Waals surface area contributed by atoms with Crippen LogP contribution >= 0.6 is 0 Å². The molecule has 1 aliphatic carbocycles. The monoisotopic (exact) mass is 394 g/mol. The van der Waals surface area contributed by atoms with Crippen LogP contribution in [0.4, 0.5) is 0 Å². The summed E-state index contributed by atoms with van der Waals surface area (Å²) in [5, 5.41) is 10.6. The third-order valence-corrected chi connectivity index (χ3v) is 7.36. The molecule has 0 heterocycles. The van der Waals surface area contributed by atoms with Gasteiger partial charge in [-0.1, -0.05) is 74.5 Å². The van der Waals surface area contributed by atoms with Crippen molar-refractivity contribution in [3.8, 4) is 11.1 Å². The van der Waals surface area contributed by atoms with Crippen molar-refractivity contribution in [3.05, 3.63) is 108 Å². The molecule has 0 spiro atoms. The SMILES string of the molecule is CC1(C)c2cc3cc4ccccc4cc3cc2-c2cc3c(ccc4ccccc43)cc21. The van der Waals surface area contributed by atoms with Crippen molar-refractivity contribution in [1.82, 2.24) is 0 Å². The Morgan fingerprint density at radius 1 is 0.419 bits per heavy atom. The largest absolute Gasteiger partial charge is 0.0616 e. The van der Waals surface area contributed by atoms with Gasteiger partial charge in [0, 0.05) is 5.41 Å². The van der Waals surface area contributed by atoms with Crippen LogP contribution in [-0.4, -0.2) is 0 Å². The standard InChI is InChI=1S/C31H22/c1-31(2)29-16-22-12-11-19-7-5-6-10-25(19)26(22)18-28(29)27-15-23-13-20-8-3-4-9-21(20)14-24(23)17-30(27)31/h3-18H,1-2H3. The maximum Gasteiger partial charge on any atom is 0.0159 e. The predicted octanol–water partition coefficient (Wildman–Crippen LogP) is 8.61. The van der Waals surface area contributed by atoms with Gasteiger partial charge >= 0.3 is 0 Å². The highest BCUT2D eigenvalue weighted by Gasteiger charge is 2.36. The third-order valence-electron chi connectivity index (χ3n) is 7.36. The Morgan fingerprint density at radius 2 is 0.968 bits per heavy atom. The minimum atomic E-state index is -0.00959. The molecular formula is C31H22. The lowest BCUT2D eigenvalue weighted by Crippen LogP contribution is -2.14. The van der Waals surface area contributed by atoms with E-state index < -0.39 is 0 Å². The van der Waals surface area contributed by atoms with E-state index in [1.54, 1.807) is 0 Å². The molecule has 31 heavy (non-hydrogen) atoms. The molecule has 1 aliphatic rings. The molecule has 0 unspecified atom stereocenters. The summed E-state index contributed by atoms with van der Waals surface area (Å²) in [6.45, 7) is 4.74. The van der Waals surface area contributed by atoms with Gasteiger partial charge in [0.15, 0.2) is 0 Å². The lowest BCUT2D eigenvalue weighted by atomic mass is 9.81. The summed E-state index contributed by atoms with van der Waals surface area (Å²) in [5.41, 5.74) is 5.64. The summed E-state index contributed by atoms with van der Waals surface area (Å²) < 4.78 is 0. The van der Waals surface area contributed by atoms with E-state index in [0.29, 0.717) is 0 Å². The van der Waals surface area contributed by atoms with Crippen molar-refractivity contribution < 1.29 is 0 Å². The normalized spacial score (nSPS) is 14.4. The first-order valence-electron chi connectivity index (χ1n) is 11.0. The van der Waals surface area contributed by atoms with Crippen LogP contribution in [0.1, 0.15) is 25.0 Å². The molecule has 0 amide bonds. The quantitative estimate of drug-likeness (QED) is 0.179. The fourth-order valence-corrected chi connectivity index (χ4v) is 5.67. The zero-order chi connectivity index (χ0) is 20.7. The van der Waals surface area contributed by atoms with Crippen LogP contribution in [0.3, 0.4) is 0 Å². The van der Waals surface area contributed by atoms with E-state index in [4.69, 9.17) is 0 Å². The minimum Gasteiger partial charge on any atom is -0.0616 e. The Bertz CT molecular complexity index is 1700. The molecule has 0 saturated carbocycles. The molecule has 7 rings (SSSR count).